The summed E-state index contributed by atoms with van der Waals surface area (Å²) in [6, 6.07) is 7.37. The van der Waals surface area contributed by atoms with Crippen molar-refractivity contribution in [3.8, 4) is 0 Å². The molecule has 1 amide bonds. The second kappa shape index (κ2) is 8.97. The van der Waals surface area contributed by atoms with Crippen LogP contribution in [0.1, 0.15) is 57.4 Å². The number of nitrogens with one attached hydrogen (secondary N) is 1. The molecule has 2 saturated heterocycles. The summed E-state index contributed by atoms with van der Waals surface area (Å²) in [6.07, 6.45) is 7.94. The van der Waals surface area contributed by atoms with Gasteiger partial charge in [0.15, 0.2) is 0 Å². The first-order valence-corrected chi connectivity index (χ1v) is 12.9. The summed E-state index contributed by atoms with van der Waals surface area (Å²) in [6.45, 7) is 3.89. The number of aryl methyl sites for hydroxylation is 1. The van der Waals surface area contributed by atoms with E-state index in [9.17, 15) is 13.2 Å². The smallest absolute Gasteiger partial charge is 0.243 e. The number of benzene rings is 1. The molecule has 0 unspecified atom stereocenters. The first-order valence-electron chi connectivity index (χ1n) is 11.4. The predicted octanol–water partition coefficient (Wildman–Crippen LogP) is 3.12. The quantitative estimate of drug-likeness (QED) is 0.773. The van der Waals surface area contributed by atoms with Crippen molar-refractivity contribution in [2.75, 3.05) is 26.3 Å². The van der Waals surface area contributed by atoms with E-state index in [0.717, 1.165) is 50.5 Å². The normalized spacial score (nSPS) is 25.4. The lowest BCUT2D eigenvalue weighted by atomic mass is 9.71. The summed E-state index contributed by atoms with van der Waals surface area (Å²) in [7, 11) is -3.63. The molecule has 4 rings (SSSR count). The van der Waals surface area contributed by atoms with Gasteiger partial charge in [0.2, 0.25) is 15.9 Å². The van der Waals surface area contributed by atoms with E-state index in [2.05, 4.69) is 12.2 Å². The number of ether oxygens (including phenoxy) is 1. The minimum atomic E-state index is -3.63. The van der Waals surface area contributed by atoms with Gasteiger partial charge in [-0.15, -0.1) is 0 Å². The number of sulfonamides is 1. The van der Waals surface area contributed by atoms with Gasteiger partial charge in [-0.05, 0) is 49.8 Å². The zero-order valence-electron chi connectivity index (χ0n) is 17.9. The van der Waals surface area contributed by atoms with Crippen LogP contribution in [-0.2, 0) is 26.0 Å². The summed E-state index contributed by atoms with van der Waals surface area (Å²) >= 11 is 0. The molecular formula is C23H34N2O4S. The van der Waals surface area contributed by atoms with Gasteiger partial charge in [-0.2, -0.15) is 4.31 Å². The largest absolute Gasteiger partial charge is 0.381 e. The fourth-order valence-corrected chi connectivity index (χ4v) is 6.90. The Morgan fingerprint density at radius 2 is 1.80 bits per heavy atom. The molecule has 1 atom stereocenters. The predicted molar refractivity (Wildman–Crippen MR) is 116 cm³/mol. The average Bonchev–Trinajstić information content (AvgIpc) is 3.14. The van der Waals surface area contributed by atoms with Gasteiger partial charge in [0.25, 0.3) is 0 Å². The average molecular weight is 435 g/mol. The summed E-state index contributed by atoms with van der Waals surface area (Å²) in [5, 5.41) is 3.26. The molecular weight excluding hydrogens is 400 g/mol. The van der Waals surface area contributed by atoms with Crippen molar-refractivity contribution in [3.05, 3.63) is 29.8 Å². The summed E-state index contributed by atoms with van der Waals surface area (Å²) in [5.74, 6) is -0.282. The van der Waals surface area contributed by atoms with Gasteiger partial charge in [0, 0.05) is 37.8 Å². The third-order valence-electron chi connectivity index (χ3n) is 7.34. The molecule has 3 aliphatic rings. The molecule has 1 spiro atoms. The molecule has 2 aliphatic heterocycles. The van der Waals surface area contributed by atoms with Gasteiger partial charge in [-0.3, -0.25) is 4.79 Å². The third kappa shape index (κ3) is 4.30. The van der Waals surface area contributed by atoms with E-state index in [4.69, 9.17) is 4.74 Å². The van der Waals surface area contributed by atoms with Gasteiger partial charge in [0.1, 0.15) is 0 Å². The molecule has 1 aromatic carbocycles. The van der Waals surface area contributed by atoms with E-state index < -0.39 is 10.0 Å². The molecule has 1 N–H and O–H groups in total. The third-order valence-corrected chi connectivity index (χ3v) is 9.17. The lowest BCUT2D eigenvalue weighted by Crippen LogP contribution is -2.47. The van der Waals surface area contributed by atoms with E-state index in [1.807, 2.05) is 12.1 Å². The Morgan fingerprint density at radius 1 is 1.13 bits per heavy atom. The molecule has 1 aliphatic carbocycles. The lowest BCUT2D eigenvalue weighted by Gasteiger charge is -2.38. The van der Waals surface area contributed by atoms with Crippen LogP contribution < -0.4 is 5.32 Å². The molecule has 30 heavy (non-hydrogen) atoms. The summed E-state index contributed by atoms with van der Waals surface area (Å²) < 4.78 is 33.9. The van der Waals surface area contributed by atoms with Crippen molar-refractivity contribution < 1.29 is 17.9 Å². The maximum atomic E-state index is 13.4. The highest BCUT2D eigenvalue weighted by Crippen LogP contribution is 2.46. The van der Waals surface area contributed by atoms with Crippen molar-refractivity contribution in [2.45, 2.75) is 69.2 Å². The van der Waals surface area contributed by atoms with Gasteiger partial charge in [-0.25, -0.2) is 8.42 Å². The zero-order valence-corrected chi connectivity index (χ0v) is 18.8. The van der Waals surface area contributed by atoms with E-state index in [1.165, 1.54) is 6.42 Å². The zero-order chi connectivity index (χ0) is 21.2. The van der Waals surface area contributed by atoms with E-state index >= 15 is 0 Å². The molecule has 0 radical (unpaired) electrons. The van der Waals surface area contributed by atoms with Crippen LogP contribution in [0.15, 0.2) is 29.2 Å². The fourth-order valence-electron chi connectivity index (χ4n) is 5.35. The molecule has 7 heteroatoms. The van der Waals surface area contributed by atoms with E-state index in [0.29, 0.717) is 24.7 Å². The van der Waals surface area contributed by atoms with Crippen molar-refractivity contribution in [1.82, 2.24) is 9.62 Å². The van der Waals surface area contributed by atoms with Crippen LogP contribution in [-0.4, -0.2) is 51.0 Å². The maximum absolute atomic E-state index is 13.4. The Labute approximate surface area is 180 Å². The first-order chi connectivity index (χ1) is 14.4. The van der Waals surface area contributed by atoms with Gasteiger partial charge in [-0.1, -0.05) is 38.3 Å². The number of hydrogen-bond donors (Lipinski definition) is 1. The number of rotatable bonds is 5. The Hall–Kier alpha value is -1.44. The monoisotopic (exact) mass is 434 g/mol. The lowest BCUT2D eigenvalue weighted by molar-refractivity contribution is -0.130. The number of amides is 1. The minimum absolute atomic E-state index is 0.0304. The van der Waals surface area contributed by atoms with Gasteiger partial charge >= 0.3 is 0 Å². The molecule has 166 valence electrons. The second-order valence-corrected chi connectivity index (χ2v) is 11.1. The molecule has 1 aromatic rings. The van der Waals surface area contributed by atoms with Crippen LogP contribution in [0, 0.1) is 11.3 Å². The minimum Gasteiger partial charge on any atom is -0.381 e. The van der Waals surface area contributed by atoms with Crippen LogP contribution >= 0.6 is 0 Å². The summed E-state index contributed by atoms with van der Waals surface area (Å²) in [4.78, 5) is 13.6. The van der Waals surface area contributed by atoms with E-state index in [1.54, 1.807) is 16.4 Å². The SMILES string of the molecule is CCc1ccc(S(=O)(=O)N2C[C@H](C(=O)NC3CCCCC3)C3(CCOCC3)C2)cc1. The Bertz CT molecular complexity index is 840. The van der Waals surface area contributed by atoms with Gasteiger partial charge < -0.3 is 10.1 Å². The Balaban J connectivity index is 1.56. The fraction of sp³-hybridized carbons (Fsp3) is 0.696. The van der Waals surface area contributed by atoms with Crippen molar-refractivity contribution in [3.63, 3.8) is 0 Å². The summed E-state index contributed by atoms with van der Waals surface area (Å²) in [5.41, 5.74) is 0.786. The van der Waals surface area contributed by atoms with Crippen LogP contribution in [0.5, 0.6) is 0 Å². The number of carbonyl (C=O) groups is 1. The van der Waals surface area contributed by atoms with E-state index in [-0.39, 0.29) is 29.8 Å². The highest BCUT2D eigenvalue weighted by molar-refractivity contribution is 7.89. The van der Waals surface area contributed by atoms with Gasteiger partial charge in [0.05, 0.1) is 10.8 Å². The van der Waals surface area contributed by atoms with Crippen molar-refractivity contribution >= 4 is 15.9 Å². The maximum Gasteiger partial charge on any atom is 0.243 e. The van der Waals surface area contributed by atoms with Crippen LogP contribution in [0.4, 0.5) is 0 Å². The molecule has 3 fully saturated rings. The number of hydrogen-bond acceptors (Lipinski definition) is 4. The Morgan fingerprint density at radius 3 is 2.43 bits per heavy atom. The van der Waals surface area contributed by atoms with Crippen LogP contribution in [0.25, 0.3) is 0 Å². The molecule has 6 nitrogen and oxygen atoms in total. The second-order valence-electron chi connectivity index (χ2n) is 9.17. The molecule has 0 bridgehead atoms. The Kier molecular flexibility index (Phi) is 6.51. The molecule has 0 aromatic heterocycles. The number of nitrogens with zero attached hydrogens (tertiary/aromatic N) is 1. The first kappa shape index (κ1) is 21.8. The molecule has 2 heterocycles. The standard InChI is InChI=1S/C23H34N2O4S/c1-2-18-8-10-20(11-9-18)30(27,28)25-16-21(23(17-25)12-14-29-15-13-23)22(26)24-19-6-4-3-5-7-19/h8-11,19,21H,2-7,12-17H2,1H3,(H,24,26)/t21-/m1/s1. The topological polar surface area (TPSA) is 75.7 Å². The van der Waals surface area contributed by atoms with Crippen LogP contribution in [0.2, 0.25) is 0 Å². The van der Waals surface area contributed by atoms with Crippen molar-refractivity contribution in [2.24, 2.45) is 11.3 Å². The molecule has 1 saturated carbocycles. The van der Waals surface area contributed by atoms with Crippen molar-refractivity contribution in [1.29, 1.82) is 0 Å². The van der Waals surface area contributed by atoms with Crippen LogP contribution in [0.3, 0.4) is 0 Å². The number of carbonyl (C=O) groups excluding carboxylic acids is 1. The highest BCUT2D eigenvalue weighted by Gasteiger charge is 2.53. The highest BCUT2D eigenvalue weighted by atomic mass is 32.2.